The van der Waals surface area contributed by atoms with Crippen LogP contribution in [-0.2, 0) is 6.42 Å². The van der Waals surface area contributed by atoms with Crippen molar-refractivity contribution in [3.8, 4) is 11.3 Å². The fourth-order valence-electron chi connectivity index (χ4n) is 2.55. The van der Waals surface area contributed by atoms with Crippen LogP contribution in [0.1, 0.15) is 19.4 Å². The van der Waals surface area contributed by atoms with Crippen molar-refractivity contribution in [2.75, 3.05) is 0 Å². The molecule has 20 heavy (non-hydrogen) atoms. The van der Waals surface area contributed by atoms with E-state index in [2.05, 4.69) is 73.7 Å². The van der Waals surface area contributed by atoms with Gasteiger partial charge in [-0.15, -0.1) is 0 Å². The molecule has 0 bridgehead atoms. The van der Waals surface area contributed by atoms with E-state index >= 15 is 0 Å². The van der Waals surface area contributed by atoms with Crippen LogP contribution in [0.4, 0.5) is 0 Å². The van der Waals surface area contributed by atoms with Crippen molar-refractivity contribution in [2.24, 2.45) is 5.92 Å². The van der Waals surface area contributed by atoms with E-state index in [1.54, 1.807) is 4.40 Å². The minimum absolute atomic E-state index is 0.685. The van der Waals surface area contributed by atoms with Crippen LogP contribution in [0.3, 0.4) is 0 Å². The summed E-state index contributed by atoms with van der Waals surface area (Å²) in [5, 5.41) is 0. The Labute approximate surface area is 125 Å². The van der Waals surface area contributed by atoms with Crippen molar-refractivity contribution in [2.45, 2.75) is 37.5 Å². The van der Waals surface area contributed by atoms with Gasteiger partial charge in [-0.25, -0.2) is 0 Å². The molecule has 0 saturated heterocycles. The van der Waals surface area contributed by atoms with Crippen LogP contribution >= 0.6 is 0 Å². The minimum atomic E-state index is -1.85. The van der Waals surface area contributed by atoms with Crippen molar-refractivity contribution in [1.82, 2.24) is 4.98 Å². The summed E-state index contributed by atoms with van der Waals surface area (Å²) in [7, 11) is 0. The summed E-state index contributed by atoms with van der Waals surface area (Å²) in [5.41, 5.74) is 3.84. The molecule has 0 aliphatic carbocycles. The summed E-state index contributed by atoms with van der Waals surface area (Å²) < 4.78 is 1.55. The summed E-state index contributed by atoms with van der Waals surface area (Å²) in [6.07, 6.45) is 3.31. The van der Waals surface area contributed by atoms with Gasteiger partial charge in [0, 0.05) is 0 Å². The van der Waals surface area contributed by atoms with Crippen LogP contribution in [0, 0.1) is 5.92 Å². The van der Waals surface area contributed by atoms with Gasteiger partial charge in [-0.2, -0.15) is 0 Å². The maximum absolute atomic E-state index is 4.73. The Morgan fingerprint density at radius 1 is 1.05 bits per heavy atom. The maximum atomic E-state index is 4.73. The number of hydrogen-bond donors (Lipinski definition) is 0. The summed E-state index contributed by atoms with van der Waals surface area (Å²) >= 11 is -1.85. The third kappa shape index (κ3) is 3.72. The van der Waals surface area contributed by atoms with Crippen molar-refractivity contribution in [3.05, 3.63) is 48.2 Å². The molecule has 0 unspecified atom stereocenters. The van der Waals surface area contributed by atoms with E-state index in [1.807, 2.05) is 0 Å². The number of pyridine rings is 1. The third-order valence-corrected chi connectivity index (χ3v) is 7.83. The second kappa shape index (κ2) is 6.13. The van der Waals surface area contributed by atoms with Gasteiger partial charge in [0.25, 0.3) is 0 Å². The Kier molecular flexibility index (Phi) is 4.69. The molecule has 2 rings (SSSR count). The number of benzene rings is 1. The molecule has 0 amide bonds. The average molecular weight is 328 g/mol. The van der Waals surface area contributed by atoms with E-state index < -0.39 is 13.3 Å². The van der Waals surface area contributed by atoms with Gasteiger partial charge in [-0.05, 0) is 0 Å². The molecule has 0 N–H and O–H groups in total. The van der Waals surface area contributed by atoms with E-state index in [0.29, 0.717) is 5.92 Å². The monoisotopic (exact) mass is 329 g/mol. The molecule has 2 heteroatoms. The molecule has 1 aromatic carbocycles. The Balaban J connectivity index is 2.49. The molecule has 1 nitrogen and oxygen atoms in total. The predicted octanol–water partition coefficient (Wildman–Crippen LogP) is 4.49. The zero-order chi connectivity index (χ0) is 14.8. The van der Waals surface area contributed by atoms with Gasteiger partial charge in [0.1, 0.15) is 0 Å². The molecule has 106 valence electrons. The summed E-state index contributed by atoms with van der Waals surface area (Å²) in [4.78, 5) is 4.73. The Morgan fingerprint density at radius 3 is 2.25 bits per heavy atom. The van der Waals surface area contributed by atoms with Gasteiger partial charge in [0.05, 0.1) is 0 Å². The second-order valence-electron chi connectivity index (χ2n) is 6.94. The molecule has 0 spiro atoms. The predicted molar refractivity (Wildman–Crippen MR) is 91.2 cm³/mol. The van der Waals surface area contributed by atoms with Crippen molar-refractivity contribution in [3.63, 3.8) is 0 Å². The van der Waals surface area contributed by atoms with E-state index in [4.69, 9.17) is 4.98 Å². The first kappa shape index (κ1) is 15.3. The summed E-state index contributed by atoms with van der Waals surface area (Å²) in [6, 6.07) is 12.8. The third-order valence-electron chi connectivity index (χ3n) is 3.50. The van der Waals surface area contributed by atoms with E-state index in [0.717, 1.165) is 12.1 Å². The molecule has 0 radical (unpaired) electrons. The fourth-order valence-corrected chi connectivity index (χ4v) is 5.88. The zero-order valence-electron chi connectivity index (χ0n) is 13.3. The van der Waals surface area contributed by atoms with E-state index in [9.17, 15) is 0 Å². The molecule has 1 aromatic heterocycles. The first-order valence-corrected chi connectivity index (χ1v) is 14.8. The van der Waals surface area contributed by atoms with Crippen molar-refractivity contribution >= 4 is 17.7 Å². The van der Waals surface area contributed by atoms with Gasteiger partial charge in [0.15, 0.2) is 0 Å². The molecule has 1 heterocycles. The van der Waals surface area contributed by atoms with E-state index in [1.165, 1.54) is 11.1 Å². The van der Waals surface area contributed by atoms with Gasteiger partial charge in [0.2, 0.25) is 0 Å². The molecule has 0 atom stereocenters. The van der Waals surface area contributed by atoms with Crippen LogP contribution < -0.4 is 4.40 Å². The topological polar surface area (TPSA) is 12.9 Å². The first-order chi connectivity index (χ1) is 9.38. The SMILES string of the molecule is CC(C)Cc1cc(-c2ccccc2)nc[c]1[Ge]([CH3])([CH3])[CH3]. The Morgan fingerprint density at radius 2 is 1.70 bits per heavy atom. The van der Waals surface area contributed by atoms with Crippen LogP contribution in [-0.4, -0.2) is 18.3 Å². The standard InChI is InChI=1S/C18H25GeN/c1-14(2)11-16-12-18(15-9-7-6-8-10-15)20-13-17(16)19(3,4)5/h6-10,12-14H,11H2,1-5H3. The number of hydrogen-bond acceptors (Lipinski definition) is 1. The van der Waals surface area contributed by atoms with Crippen LogP contribution in [0.2, 0.25) is 17.3 Å². The Hall–Kier alpha value is -1.09. The molecular formula is C18H25GeN. The second-order valence-corrected chi connectivity index (χ2v) is 17.5. The quantitative estimate of drug-likeness (QED) is 0.754. The molecule has 2 aromatic rings. The first-order valence-electron chi connectivity index (χ1n) is 7.43. The molecule has 0 aliphatic rings. The molecule has 0 saturated carbocycles. The summed E-state index contributed by atoms with van der Waals surface area (Å²) in [6.45, 7) is 4.59. The number of nitrogens with zero attached hydrogens (tertiary/aromatic N) is 1. The van der Waals surface area contributed by atoms with Gasteiger partial charge in [-0.1, -0.05) is 0 Å². The zero-order valence-corrected chi connectivity index (χ0v) is 15.4. The van der Waals surface area contributed by atoms with Crippen LogP contribution in [0.5, 0.6) is 0 Å². The van der Waals surface area contributed by atoms with E-state index in [-0.39, 0.29) is 0 Å². The number of rotatable bonds is 4. The van der Waals surface area contributed by atoms with Crippen molar-refractivity contribution < 1.29 is 0 Å². The van der Waals surface area contributed by atoms with Crippen molar-refractivity contribution in [1.29, 1.82) is 0 Å². The Bertz CT molecular complexity index is 568. The van der Waals surface area contributed by atoms with Gasteiger partial charge < -0.3 is 0 Å². The average Bonchev–Trinajstić information content (AvgIpc) is 2.37. The normalized spacial score (nSPS) is 11.9. The molecule has 0 aliphatic heterocycles. The molecular weight excluding hydrogens is 303 g/mol. The van der Waals surface area contributed by atoms with Gasteiger partial charge in [-0.3, -0.25) is 0 Å². The summed E-state index contributed by atoms with van der Waals surface area (Å²) in [5.74, 6) is 8.03. The molecule has 0 fully saturated rings. The van der Waals surface area contributed by atoms with Crippen LogP contribution in [0.15, 0.2) is 42.6 Å². The van der Waals surface area contributed by atoms with Crippen LogP contribution in [0.25, 0.3) is 11.3 Å². The van der Waals surface area contributed by atoms with Gasteiger partial charge >= 0.3 is 126 Å². The number of aromatic nitrogens is 1. The fraction of sp³-hybridized carbons (Fsp3) is 0.389.